The van der Waals surface area contributed by atoms with E-state index in [4.69, 9.17) is 21.4 Å². The molecule has 0 radical (unpaired) electrons. The van der Waals surface area contributed by atoms with Crippen LogP contribution in [0.15, 0.2) is 47.6 Å². The molecule has 0 saturated carbocycles. The number of hydrogen-bond acceptors (Lipinski definition) is 5. The second-order valence-electron chi connectivity index (χ2n) is 5.22. The predicted octanol–water partition coefficient (Wildman–Crippen LogP) is 3.05. The van der Waals surface area contributed by atoms with Crippen LogP contribution in [-0.2, 0) is 4.79 Å². The normalized spacial score (nSPS) is 11.1. The molecule has 7 nitrogen and oxygen atoms in total. The highest BCUT2D eigenvalue weighted by Crippen LogP contribution is 2.21. The Labute approximate surface area is 154 Å². The molecule has 0 aliphatic rings. The Morgan fingerprint density at radius 2 is 1.88 bits per heavy atom. The molecular weight excluding hydrogens is 360 g/mol. The van der Waals surface area contributed by atoms with E-state index in [2.05, 4.69) is 10.5 Å². The minimum Gasteiger partial charge on any atom is -0.507 e. The number of nitrogens with one attached hydrogen (secondary N) is 1. The maximum Gasteiger partial charge on any atom is 0.341 e. The van der Waals surface area contributed by atoms with Gasteiger partial charge in [-0.05, 0) is 54.4 Å². The third-order valence-electron chi connectivity index (χ3n) is 3.38. The summed E-state index contributed by atoms with van der Waals surface area (Å²) in [5, 5.41) is 22.8. The molecule has 0 fully saturated rings. The smallest absolute Gasteiger partial charge is 0.341 e. The number of carboxylic acids is 1. The number of benzene rings is 2. The number of nitrogens with zero attached hydrogens (tertiary/aromatic N) is 1. The summed E-state index contributed by atoms with van der Waals surface area (Å²) in [5.41, 5.74) is 3.76. The molecule has 0 heterocycles. The Morgan fingerprint density at radius 1 is 1.19 bits per heavy atom. The maximum atomic E-state index is 12.2. The van der Waals surface area contributed by atoms with Crippen LogP contribution in [0.5, 0.6) is 11.5 Å². The zero-order valence-corrected chi connectivity index (χ0v) is 14.7. The standard InChI is InChI=1S/C18H17ClN2O5/c1-2-15(11-3-6-13(7-4-11)26-10-17(23)24)20-21-18(25)14-9-12(19)5-8-16(14)22/h3-9,22H,2,10H2,1H3,(H,21,25)(H,23,24)/b20-15-. The van der Waals surface area contributed by atoms with Crippen LogP contribution in [0.2, 0.25) is 5.02 Å². The van der Waals surface area contributed by atoms with Crippen molar-refractivity contribution in [2.75, 3.05) is 6.61 Å². The molecule has 2 aromatic carbocycles. The number of rotatable bonds is 7. The molecule has 0 bridgehead atoms. The van der Waals surface area contributed by atoms with Crippen molar-refractivity contribution in [3.05, 3.63) is 58.6 Å². The lowest BCUT2D eigenvalue weighted by atomic mass is 10.1. The van der Waals surface area contributed by atoms with Gasteiger partial charge in [-0.15, -0.1) is 0 Å². The lowest BCUT2D eigenvalue weighted by molar-refractivity contribution is -0.139. The van der Waals surface area contributed by atoms with E-state index < -0.39 is 18.5 Å². The molecule has 0 atom stereocenters. The van der Waals surface area contributed by atoms with Gasteiger partial charge in [0.2, 0.25) is 0 Å². The number of aromatic hydroxyl groups is 1. The van der Waals surface area contributed by atoms with E-state index in [9.17, 15) is 14.7 Å². The lowest BCUT2D eigenvalue weighted by Crippen LogP contribution is -2.20. The van der Waals surface area contributed by atoms with E-state index >= 15 is 0 Å². The largest absolute Gasteiger partial charge is 0.507 e. The summed E-state index contributed by atoms with van der Waals surface area (Å²) in [6.07, 6.45) is 0.539. The first-order valence-electron chi connectivity index (χ1n) is 7.71. The third kappa shape index (κ3) is 5.22. The lowest BCUT2D eigenvalue weighted by Gasteiger charge is -2.08. The van der Waals surface area contributed by atoms with Gasteiger partial charge in [0.15, 0.2) is 6.61 Å². The van der Waals surface area contributed by atoms with Gasteiger partial charge in [0.05, 0.1) is 11.3 Å². The number of carbonyl (C=O) groups is 2. The minimum atomic E-state index is -1.06. The fourth-order valence-corrected chi connectivity index (χ4v) is 2.28. The van der Waals surface area contributed by atoms with Crippen molar-refractivity contribution in [2.45, 2.75) is 13.3 Å². The Hall–Kier alpha value is -3.06. The number of amides is 1. The highest BCUT2D eigenvalue weighted by atomic mass is 35.5. The third-order valence-corrected chi connectivity index (χ3v) is 3.62. The zero-order chi connectivity index (χ0) is 19.1. The van der Waals surface area contributed by atoms with E-state index in [1.165, 1.54) is 18.2 Å². The van der Waals surface area contributed by atoms with E-state index in [0.717, 1.165) is 5.56 Å². The summed E-state index contributed by atoms with van der Waals surface area (Å²) >= 11 is 5.83. The van der Waals surface area contributed by atoms with Crippen molar-refractivity contribution in [2.24, 2.45) is 5.10 Å². The average molecular weight is 377 g/mol. The SMILES string of the molecule is CC/C(=N/NC(=O)c1cc(Cl)ccc1O)c1ccc(OCC(=O)O)cc1. The van der Waals surface area contributed by atoms with Crippen molar-refractivity contribution >= 4 is 29.2 Å². The molecule has 0 saturated heterocycles. The number of ether oxygens (including phenoxy) is 1. The highest BCUT2D eigenvalue weighted by molar-refractivity contribution is 6.31. The quantitative estimate of drug-likeness (QED) is 0.508. The van der Waals surface area contributed by atoms with E-state index in [0.29, 0.717) is 22.9 Å². The molecule has 0 aromatic heterocycles. The van der Waals surface area contributed by atoms with Gasteiger partial charge in [0.25, 0.3) is 5.91 Å². The molecule has 136 valence electrons. The first-order chi connectivity index (χ1) is 12.4. The van der Waals surface area contributed by atoms with Crippen molar-refractivity contribution < 1.29 is 24.5 Å². The molecule has 3 N–H and O–H groups in total. The fourth-order valence-electron chi connectivity index (χ4n) is 2.10. The van der Waals surface area contributed by atoms with E-state index in [1.807, 2.05) is 6.92 Å². The number of phenolic OH excluding ortho intramolecular Hbond substituents is 1. The summed E-state index contributed by atoms with van der Waals surface area (Å²) in [6, 6.07) is 10.8. The van der Waals surface area contributed by atoms with Gasteiger partial charge >= 0.3 is 5.97 Å². The first kappa shape index (κ1) is 19.3. The van der Waals surface area contributed by atoms with Crippen LogP contribution in [0.25, 0.3) is 0 Å². The Morgan fingerprint density at radius 3 is 2.50 bits per heavy atom. The summed E-state index contributed by atoms with van der Waals surface area (Å²) in [5.74, 6) is -1.42. The van der Waals surface area contributed by atoms with Crippen molar-refractivity contribution in [3.63, 3.8) is 0 Å². The van der Waals surface area contributed by atoms with Crippen LogP contribution in [0, 0.1) is 0 Å². The molecule has 2 aromatic rings. The fraction of sp³-hybridized carbons (Fsp3) is 0.167. The van der Waals surface area contributed by atoms with Gasteiger partial charge < -0.3 is 14.9 Å². The monoisotopic (exact) mass is 376 g/mol. The van der Waals surface area contributed by atoms with Crippen LogP contribution < -0.4 is 10.2 Å². The second kappa shape index (κ2) is 8.87. The molecule has 0 spiro atoms. The molecule has 0 aliphatic heterocycles. The van der Waals surface area contributed by atoms with Gasteiger partial charge in [-0.3, -0.25) is 4.79 Å². The summed E-state index contributed by atoms with van der Waals surface area (Å²) in [6.45, 7) is 1.45. The molecule has 1 amide bonds. The number of carbonyl (C=O) groups excluding carboxylic acids is 1. The van der Waals surface area contributed by atoms with Crippen LogP contribution in [-0.4, -0.2) is 34.4 Å². The topological polar surface area (TPSA) is 108 Å². The number of hydrazone groups is 1. The Kier molecular flexibility index (Phi) is 6.57. The van der Waals surface area contributed by atoms with E-state index in [-0.39, 0.29) is 11.3 Å². The zero-order valence-electron chi connectivity index (χ0n) is 13.9. The van der Waals surface area contributed by atoms with Gasteiger partial charge in [0.1, 0.15) is 11.5 Å². The molecule has 0 unspecified atom stereocenters. The van der Waals surface area contributed by atoms with Crippen molar-refractivity contribution in [1.82, 2.24) is 5.43 Å². The van der Waals surface area contributed by atoms with E-state index in [1.54, 1.807) is 24.3 Å². The number of aliphatic carboxylic acids is 1. The van der Waals surface area contributed by atoms with Crippen LogP contribution in [0.3, 0.4) is 0 Å². The Bertz CT molecular complexity index is 834. The summed E-state index contributed by atoms with van der Waals surface area (Å²) in [4.78, 5) is 22.7. The number of phenols is 1. The second-order valence-corrected chi connectivity index (χ2v) is 5.66. The Balaban J connectivity index is 2.11. The number of hydrogen-bond donors (Lipinski definition) is 3. The van der Waals surface area contributed by atoms with Crippen LogP contribution >= 0.6 is 11.6 Å². The van der Waals surface area contributed by atoms with Crippen LogP contribution in [0.1, 0.15) is 29.3 Å². The summed E-state index contributed by atoms with van der Waals surface area (Å²) in [7, 11) is 0. The molecule has 0 aliphatic carbocycles. The predicted molar refractivity (Wildman–Crippen MR) is 97.0 cm³/mol. The van der Waals surface area contributed by atoms with Crippen molar-refractivity contribution in [1.29, 1.82) is 0 Å². The molecule has 26 heavy (non-hydrogen) atoms. The van der Waals surface area contributed by atoms with Gasteiger partial charge in [-0.25, -0.2) is 10.2 Å². The van der Waals surface area contributed by atoms with Crippen LogP contribution in [0.4, 0.5) is 0 Å². The summed E-state index contributed by atoms with van der Waals surface area (Å²) < 4.78 is 5.07. The maximum absolute atomic E-state index is 12.2. The number of carboxylic acid groups (broad SMARTS) is 1. The highest BCUT2D eigenvalue weighted by Gasteiger charge is 2.12. The molecular formula is C18H17ClN2O5. The van der Waals surface area contributed by atoms with Gasteiger partial charge in [-0.1, -0.05) is 18.5 Å². The molecule has 2 rings (SSSR count). The van der Waals surface area contributed by atoms with Gasteiger partial charge in [0, 0.05) is 5.02 Å². The number of halogens is 1. The van der Waals surface area contributed by atoms with Gasteiger partial charge in [-0.2, -0.15) is 5.10 Å². The molecule has 8 heteroatoms. The minimum absolute atomic E-state index is 0.0223. The first-order valence-corrected chi connectivity index (χ1v) is 8.09. The average Bonchev–Trinajstić information content (AvgIpc) is 2.63. The van der Waals surface area contributed by atoms with Crippen molar-refractivity contribution in [3.8, 4) is 11.5 Å².